The summed E-state index contributed by atoms with van der Waals surface area (Å²) in [5.41, 5.74) is -1.79. The van der Waals surface area contributed by atoms with Crippen LogP contribution in [-0.2, 0) is 36.8 Å². The van der Waals surface area contributed by atoms with Crippen LogP contribution in [0, 0.1) is 0 Å². The first-order valence-electron chi connectivity index (χ1n) is 16.0. The average Bonchev–Trinajstić information content (AvgIpc) is 3.30. The maximum atomic E-state index is 12.5. The monoisotopic (exact) mass is 810 g/mol. The molecule has 0 aliphatic carbocycles. The van der Waals surface area contributed by atoms with E-state index in [0.29, 0.717) is 24.0 Å². The maximum Gasteiger partial charge on any atom is 1.00 e. The van der Waals surface area contributed by atoms with Crippen molar-refractivity contribution in [1.82, 2.24) is 20.2 Å². The summed E-state index contributed by atoms with van der Waals surface area (Å²) < 4.78 is 49.1. The van der Waals surface area contributed by atoms with Crippen LogP contribution in [0.4, 0.5) is 0 Å². The predicted octanol–water partition coefficient (Wildman–Crippen LogP) is -8.70. The van der Waals surface area contributed by atoms with E-state index in [9.17, 15) is 58.8 Å². The second-order valence-electron chi connectivity index (χ2n) is 11.2. The van der Waals surface area contributed by atoms with Crippen LogP contribution in [0.3, 0.4) is 0 Å². The van der Waals surface area contributed by atoms with Crippen LogP contribution >= 0.6 is 15.6 Å². The summed E-state index contributed by atoms with van der Waals surface area (Å²) in [4.78, 5) is 62.4. The van der Waals surface area contributed by atoms with E-state index < -0.39 is 101 Å². The fourth-order valence-electron chi connectivity index (χ4n) is 4.35. The molecule has 2 fully saturated rings. The summed E-state index contributed by atoms with van der Waals surface area (Å²) >= 11 is 0. The summed E-state index contributed by atoms with van der Waals surface area (Å²) in [7, 11) is -10.1. The van der Waals surface area contributed by atoms with Gasteiger partial charge in [0.1, 0.15) is 42.7 Å². The van der Waals surface area contributed by atoms with Crippen molar-refractivity contribution < 1.29 is 131 Å². The molecule has 0 bridgehead atoms. The Morgan fingerprint density at radius 3 is 2.06 bits per heavy atom. The second kappa shape index (κ2) is 26.9. The molecule has 0 radical (unpaired) electrons. The molecule has 2 aliphatic heterocycles. The third-order valence-corrected chi connectivity index (χ3v) is 9.11. The summed E-state index contributed by atoms with van der Waals surface area (Å²) in [6.07, 6.45) is -10.1. The number of phosphoric acid groups is 2. The Morgan fingerprint density at radius 2 is 1.52 bits per heavy atom. The van der Waals surface area contributed by atoms with Crippen LogP contribution in [0.15, 0.2) is 21.9 Å². The van der Waals surface area contributed by atoms with Gasteiger partial charge in [0.15, 0.2) is 12.5 Å². The number of H-pyrrole nitrogens is 1. The van der Waals surface area contributed by atoms with Gasteiger partial charge >= 0.3 is 64.8 Å². The number of unbranched alkanes of at least 4 members (excludes halogenated alkanes) is 1. The second-order valence-corrected chi connectivity index (χ2v) is 14.1. The Morgan fingerprint density at radius 1 is 0.942 bits per heavy atom. The molecule has 25 heteroatoms. The van der Waals surface area contributed by atoms with Crippen LogP contribution in [0.1, 0.15) is 66.0 Å². The van der Waals surface area contributed by atoms with Crippen molar-refractivity contribution in [1.29, 1.82) is 0 Å². The molecule has 52 heavy (non-hydrogen) atoms. The van der Waals surface area contributed by atoms with Crippen molar-refractivity contribution in [3.05, 3.63) is 33.1 Å². The molecule has 21 nitrogen and oxygen atoms in total. The number of aliphatic hydroxyl groups excluding tert-OH is 5. The number of hydrogen-bond acceptors (Lipinski definition) is 18. The molecule has 3 heterocycles. The third-order valence-electron chi connectivity index (χ3n) is 6.58. The normalized spacial score (nSPS) is 29.0. The van der Waals surface area contributed by atoms with Crippen molar-refractivity contribution in [3.63, 3.8) is 0 Å². The SMILES string of the molecule is CCC.CCC.CNCCCCC(=O)NC1C(OP(=O)([O-])OP(=O)([O-])OCC2OC(n3ccc(=O)[nH]c3=O)C(O)C2O)OC(CO)C(O)C1O.[Na+].[Na+]. The largest absolute Gasteiger partial charge is 1.00 e. The first-order valence-corrected chi connectivity index (χ1v) is 18.9. The third kappa shape index (κ3) is 17.9. The van der Waals surface area contributed by atoms with E-state index >= 15 is 0 Å². The Balaban J connectivity index is 0. The molecule has 1 amide bonds. The predicted molar refractivity (Wildman–Crippen MR) is 170 cm³/mol. The molecule has 11 unspecified atom stereocenters. The number of carbonyl (C=O) groups excluding carboxylic acids is 1. The van der Waals surface area contributed by atoms with Gasteiger partial charge in [-0.25, -0.2) is 9.11 Å². The van der Waals surface area contributed by atoms with E-state index in [1.807, 2.05) is 4.98 Å². The minimum atomic E-state index is -5.98. The number of phosphoric ester groups is 2. The Labute approximate surface area is 345 Å². The Bertz CT molecular complexity index is 1380. The van der Waals surface area contributed by atoms with Gasteiger partial charge in [-0.3, -0.25) is 32.8 Å². The number of ether oxygens (including phenoxy) is 2. The minimum absolute atomic E-state index is 0. The van der Waals surface area contributed by atoms with Crippen molar-refractivity contribution in [2.75, 3.05) is 26.8 Å². The summed E-state index contributed by atoms with van der Waals surface area (Å²) in [6.45, 7) is 7.04. The molecule has 0 spiro atoms. The summed E-state index contributed by atoms with van der Waals surface area (Å²) in [5, 5.41) is 55.7. The van der Waals surface area contributed by atoms with Gasteiger partial charge in [0.2, 0.25) is 5.91 Å². The van der Waals surface area contributed by atoms with Gasteiger partial charge in [0, 0.05) is 18.7 Å². The van der Waals surface area contributed by atoms with E-state index in [-0.39, 0.29) is 65.5 Å². The number of nitrogens with zero attached hydrogens (tertiary/aromatic N) is 1. The van der Waals surface area contributed by atoms with Crippen LogP contribution in [-0.4, -0.2) is 117 Å². The van der Waals surface area contributed by atoms with Crippen molar-refractivity contribution in [2.45, 2.75) is 115 Å². The molecule has 11 atom stereocenters. The molecule has 0 aromatic carbocycles. The number of aliphatic hydroxyl groups is 5. The fourth-order valence-corrected chi connectivity index (χ4v) is 6.44. The molecule has 292 valence electrons. The van der Waals surface area contributed by atoms with Gasteiger partial charge in [-0.1, -0.05) is 40.5 Å². The molecular weight excluding hydrogens is 760 g/mol. The number of carbonyl (C=O) groups is 1. The van der Waals surface area contributed by atoms with Crippen LogP contribution in [0.2, 0.25) is 0 Å². The van der Waals surface area contributed by atoms with Gasteiger partial charge < -0.3 is 60.0 Å². The molecule has 1 aromatic rings. The van der Waals surface area contributed by atoms with Gasteiger partial charge in [-0.05, 0) is 26.4 Å². The van der Waals surface area contributed by atoms with Crippen LogP contribution < -0.4 is 90.8 Å². The van der Waals surface area contributed by atoms with E-state index in [4.69, 9.17) is 9.47 Å². The topological polar surface area (TPSA) is 324 Å². The van der Waals surface area contributed by atoms with E-state index in [2.05, 4.69) is 51.7 Å². The van der Waals surface area contributed by atoms with E-state index in [1.165, 1.54) is 12.8 Å². The molecule has 3 rings (SSSR count). The van der Waals surface area contributed by atoms with Crippen molar-refractivity contribution >= 4 is 21.6 Å². The number of rotatable bonds is 15. The number of amides is 1. The van der Waals surface area contributed by atoms with Crippen molar-refractivity contribution in [2.24, 2.45) is 0 Å². The van der Waals surface area contributed by atoms with Gasteiger partial charge in [-0.15, -0.1) is 0 Å². The number of nitrogens with one attached hydrogen (secondary N) is 3. The molecule has 1 aromatic heterocycles. The van der Waals surface area contributed by atoms with Gasteiger partial charge in [0.25, 0.3) is 21.2 Å². The first-order chi connectivity index (χ1) is 23.4. The van der Waals surface area contributed by atoms with Crippen LogP contribution in [0.5, 0.6) is 0 Å². The van der Waals surface area contributed by atoms with Crippen molar-refractivity contribution in [3.8, 4) is 0 Å². The zero-order valence-corrected chi connectivity index (χ0v) is 36.3. The van der Waals surface area contributed by atoms with Gasteiger partial charge in [0.05, 0.1) is 13.2 Å². The first kappa shape index (κ1) is 54.2. The summed E-state index contributed by atoms with van der Waals surface area (Å²) in [5.74, 6) is -0.698. The number of aromatic amines is 1. The standard InChI is InChI=1S/C21H36N4O17P2.2C3H8.2Na/c1-22-6-3-2-4-12(27)23-14-17(31)15(29)10(8-26)40-20(14)41-44(36,37)42-43(34,35)38-9-11-16(30)18(32)19(39-11)25-7-5-13(28)24-21(25)33;2*1-3-2;;/h5,7,10-11,14-20,22,26,29-32H,2-4,6,8-9H2,1H3,(H,23,27)(H,34,35)(H,36,37)(H,24,28,33);2*3H2,1-2H3;;/q;;;2*+1/p-2. The number of hydrogen-bond donors (Lipinski definition) is 8. The molecule has 0 saturated carbocycles. The zero-order valence-electron chi connectivity index (χ0n) is 30.5. The maximum absolute atomic E-state index is 12.5. The van der Waals surface area contributed by atoms with E-state index in [0.717, 1.165) is 12.3 Å². The molecule has 2 saturated heterocycles. The van der Waals surface area contributed by atoms with Gasteiger partial charge in [-0.2, -0.15) is 0 Å². The Kier molecular flexibility index (Phi) is 28.0. The minimum Gasteiger partial charge on any atom is -0.756 e. The quantitative estimate of drug-likeness (QED) is 0.0463. The summed E-state index contributed by atoms with van der Waals surface area (Å²) in [6, 6.07) is -0.849. The average molecular weight is 811 g/mol. The molecule has 8 N–H and O–H groups in total. The zero-order chi connectivity index (χ0) is 38.2. The van der Waals surface area contributed by atoms with Crippen LogP contribution in [0.25, 0.3) is 0 Å². The molecular formula is C27H50N4Na2O17P2. The fraction of sp³-hybridized carbons (Fsp3) is 0.815. The number of aromatic nitrogens is 2. The Hall–Kier alpha value is 0.0900. The molecule has 2 aliphatic rings. The smallest absolute Gasteiger partial charge is 0.756 e. The van der Waals surface area contributed by atoms with E-state index in [1.54, 1.807) is 7.05 Å².